The van der Waals surface area contributed by atoms with Gasteiger partial charge in [-0.3, -0.25) is 9.78 Å². The lowest BCUT2D eigenvalue weighted by Crippen LogP contribution is -2.50. The molecule has 1 aromatic heterocycles. The molecule has 2 aliphatic rings. The molecule has 2 aromatic rings. The standard InChI is InChI=1S/C21H16ClF6N3O2.CHF3/c1-9-2-10(8-29-18(9)19(32)30-12-6-20(24,25)7-12)15-5-16(33-31-15)13-3-11(21(26,27)28)4-14(22)17(13)23;2-1(3)4/h2-4,8,12,16H,5-7H2,1H3,(H,30,32);1H. The third-order valence-corrected chi connectivity index (χ3v) is 5.73. The Morgan fingerprint density at radius 2 is 1.81 bits per heavy atom. The Morgan fingerprint density at radius 3 is 2.35 bits per heavy atom. The van der Waals surface area contributed by atoms with E-state index in [-0.39, 0.29) is 23.4 Å². The van der Waals surface area contributed by atoms with Crippen LogP contribution in [0.1, 0.15) is 58.1 Å². The molecule has 1 N–H and O–H groups in total. The molecule has 4 rings (SSSR count). The molecule has 0 saturated heterocycles. The number of hydrogen-bond donors (Lipinski definition) is 1. The van der Waals surface area contributed by atoms with E-state index in [0.29, 0.717) is 23.3 Å². The first-order chi connectivity index (χ1) is 17.1. The van der Waals surface area contributed by atoms with Crippen molar-refractivity contribution in [2.45, 2.75) is 57.1 Å². The lowest BCUT2D eigenvalue weighted by molar-refractivity contribution is -0.137. The molecule has 0 spiro atoms. The van der Waals surface area contributed by atoms with Crippen molar-refractivity contribution >= 4 is 23.2 Å². The Hall–Kier alpha value is -3.03. The molecular weight excluding hydrogens is 545 g/mol. The van der Waals surface area contributed by atoms with Crippen molar-refractivity contribution in [2.75, 3.05) is 0 Å². The van der Waals surface area contributed by atoms with Gasteiger partial charge in [0.1, 0.15) is 11.5 Å². The first-order valence-corrected chi connectivity index (χ1v) is 10.8. The summed E-state index contributed by atoms with van der Waals surface area (Å²) in [5, 5.41) is 5.64. The van der Waals surface area contributed by atoms with Crippen molar-refractivity contribution in [1.29, 1.82) is 0 Å². The Balaban J connectivity index is 0.000000886. The molecule has 1 atom stereocenters. The van der Waals surface area contributed by atoms with Gasteiger partial charge in [0.15, 0.2) is 6.10 Å². The number of carbonyl (C=O) groups is 1. The van der Waals surface area contributed by atoms with E-state index in [0.717, 1.165) is 0 Å². The number of nitrogens with zero attached hydrogens (tertiary/aromatic N) is 2. The number of oxime groups is 1. The Labute approximate surface area is 208 Å². The fraction of sp³-hybridized carbons (Fsp3) is 0.409. The van der Waals surface area contributed by atoms with Crippen LogP contribution in [0.2, 0.25) is 5.02 Å². The van der Waals surface area contributed by atoms with E-state index in [4.69, 9.17) is 16.4 Å². The van der Waals surface area contributed by atoms with Crippen LogP contribution < -0.4 is 5.32 Å². The summed E-state index contributed by atoms with van der Waals surface area (Å²) < 4.78 is 109. The predicted octanol–water partition coefficient (Wildman–Crippen LogP) is 6.77. The number of alkyl halides is 8. The van der Waals surface area contributed by atoms with Gasteiger partial charge in [-0.25, -0.2) is 13.2 Å². The van der Waals surface area contributed by atoms with Gasteiger partial charge in [-0.05, 0) is 30.7 Å². The fourth-order valence-corrected chi connectivity index (χ4v) is 3.94. The summed E-state index contributed by atoms with van der Waals surface area (Å²) in [5.41, 5.74) is -0.324. The van der Waals surface area contributed by atoms with Crippen molar-refractivity contribution in [1.82, 2.24) is 10.3 Å². The van der Waals surface area contributed by atoms with Crippen LogP contribution in [0.25, 0.3) is 0 Å². The molecular formula is C22H17ClF9N3O2. The minimum absolute atomic E-state index is 0.0423. The molecule has 0 radical (unpaired) electrons. The maximum absolute atomic E-state index is 14.4. The zero-order chi connectivity index (χ0) is 27.7. The molecule has 1 fully saturated rings. The third kappa shape index (κ3) is 7.05. The SMILES string of the molecule is Cc1cc(C2=NOC(c3cc(C(F)(F)F)cc(Cl)c3F)C2)cnc1C(=O)NC1CC(F)(F)C1.FC(F)F. The zero-order valence-electron chi connectivity index (χ0n) is 18.7. The van der Waals surface area contributed by atoms with Gasteiger partial charge in [-0.15, -0.1) is 0 Å². The maximum Gasteiger partial charge on any atom is 0.416 e. The molecule has 15 heteroatoms. The average molecular weight is 562 g/mol. The van der Waals surface area contributed by atoms with Crippen LogP contribution in [0.15, 0.2) is 29.6 Å². The summed E-state index contributed by atoms with van der Waals surface area (Å²) in [6, 6.07) is 2.05. The number of benzene rings is 1. The Morgan fingerprint density at radius 1 is 1.19 bits per heavy atom. The number of pyridine rings is 1. The first-order valence-electron chi connectivity index (χ1n) is 10.4. The molecule has 0 bridgehead atoms. The van der Waals surface area contributed by atoms with Crippen LogP contribution in [0.3, 0.4) is 0 Å². The monoisotopic (exact) mass is 561 g/mol. The minimum Gasteiger partial charge on any atom is -0.387 e. The van der Waals surface area contributed by atoms with Crippen LogP contribution in [0, 0.1) is 12.7 Å². The van der Waals surface area contributed by atoms with Gasteiger partial charge >= 0.3 is 12.9 Å². The van der Waals surface area contributed by atoms with Gasteiger partial charge in [0.25, 0.3) is 11.8 Å². The quantitative estimate of drug-likeness (QED) is 0.419. The summed E-state index contributed by atoms with van der Waals surface area (Å²) in [5.74, 6) is -4.40. The van der Waals surface area contributed by atoms with E-state index in [9.17, 15) is 44.3 Å². The topological polar surface area (TPSA) is 63.6 Å². The molecule has 1 aromatic carbocycles. The second-order valence-corrected chi connectivity index (χ2v) is 8.67. The largest absolute Gasteiger partial charge is 0.416 e. The van der Waals surface area contributed by atoms with E-state index >= 15 is 0 Å². The molecule has 1 aliphatic heterocycles. The van der Waals surface area contributed by atoms with Crippen molar-refractivity contribution in [2.24, 2.45) is 5.16 Å². The fourth-order valence-electron chi connectivity index (χ4n) is 3.71. The highest BCUT2D eigenvalue weighted by molar-refractivity contribution is 6.30. The van der Waals surface area contributed by atoms with Crippen molar-refractivity contribution in [3.8, 4) is 0 Å². The maximum atomic E-state index is 14.4. The lowest BCUT2D eigenvalue weighted by Gasteiger charge is -2.35. The van der Waals surface area contributed by atoms with Gasteiger partial charge in [0, 0.05) is 42.6 Å². The summed E-state index contributed by atoms with van der Waals surface area (Å²) >= 11 is 5.63. The molecule has 1 amide bonds. The van der Waals surface area contributed by atoms with E-state index in [1.807, 2.05) is 0 Å². The number of aryl methyl sites for hydroxylation is 1. The van der Waals surface area contributed by atoms with Crippen LogP contribution in [0.5, 0.6) is 0 Å². The van der Waals surface area contributed by atoms with Gasteiger partial charge in [0.05, 0.1) is 16.3 Å². The van der Waals surface area contributed by atoms with Gasteiger partial charge in [0.2, 0.25) is 0 Å². The second-order valence-electron chi connectivity index (χ2n) is 8.27. The Kier molecular flexibility index (Phi) is 8.30. The summed E-state index contributed by atoms with van der Waals surface area (Å²) in [7, 11) is 0. The Bertz CT molecular complexity index is 1190. The summed E-state index contributed by atoms with van der Waals surface area (Å²) in [6.07, 6.45) is -5.47. The summed E-state index contributed by atoms with van der Waals surface area (Å²) in [4.78, 5) is 21.5. The number of halogens is 10. The number of hydrogen-bond acceptors (Lipinski definition) is 4. The van der Waals surface area contributed by atoms with Crippen molar-refractivity contribution in [3.05, 3.63) is 63.2 Å². The van der Waals surface area contributed by atoms with E-state index < -0.39 is 66.1 Å². The van der Waals surface area contributed by atoms with Crippen LogP contribution >= 0.6 is 11.6 Å². The smallest absolute Gasteiger partial charge is 0.387 e. The normalized spacial score (nSPS) is 18.9. The van der Waals surface area contributed by atoms with E-state index in [1.54, 1.807) is 13.0 Å². The molecule has 2 heterocycles. The van der Waals surface area contributed by atoms with Gasteiger partial charge < -0.3 is 10.2 Å². The first kappa shape index (κ1) is 28.5. The number of carbonyl (C=O) groups excluding carboxylic acids is 1. The molecule has 1 unspecified atom stereocenters. The molecule has 202 valence electrons. The van der Waals surface area contributed by atoms with E-state index in [2.05, 4.69) is 15.5 Å². The zero-order valence-corrected chi connectivity index (χ0v) is 19.4. The second kappa shape index (κ2) is 10.8. The van der Waals surface area contributed by atoms with Gasteiger partial charge in [-0.1, -0.05) is 16.8 Å². The highest BCUT2D eigenvalue weighted by Crippen LogP contribution is 2.39. The number of amides is 1. The van der Waals surface area contributed by atoms with E-state index in [1.165, 1.54) is 6.20 Å². The molecule has 37 heavy (non-hydrogen) atoms. The molecule has 1 saturated carbocycles. The molecule has 5 nitrogen and oxygen atoms in total. The predicted molar refractivity (Wildman–Crippen MR) is 113 cm³/mol. The highest BCUT2D eigenvalue weighted by Gasteiger charge is 2.46. The van der Waals surface area contributed by atoms with Crippen LogP contribution in [-0.4, -0.2) is 35.2 Å². The number of nitrogens with one attached hydrogen (secondary N) is 1. The minimum atomic E-state index is -4.72. The van der Waals surface area contributed by atoms with Crippen molar-refractivity contribution in [3.63, 3.8) is 0 Å². The third-order valence-electron chi connectivity index (χ3n) is 5.45. The summed E-state index contributed by atoms with van der Waals surface area (Å²) in [6.45, 7) is -2.08. The average Bonchev–Trinajstić information content (AvgIpc) is 3.23. The van der Waals surface area contributed by atoms with Crippen molar-refractivity contribution < 1.29 is 49.1 Å². The van der Waals surface area contributed by atoms with Crippen LogP contribution in [-0.2, 0) is 11.0 Å². The van der Waals surface area contributed by atoms with Gasteiger partial charge in [-0.2, -0.15) is 26.3 Å². The number of rotatable bonds is 4. The number of aromatic nitrogens is 1. The highest BCUT2D eigenvalue weighted by atomic mass is 35.5. The molecule has 1 aliphatic carbocycles. The lowest BCUT2D eigenvalue weighted by atomic mass is 9.88. The van der Waals surface area contributed by atoms with Crippen LogP contribution in [0.4, 0.5) is 39.5 Å².